The minimum absolute atomic E-state index is 0.103. The molecule has 0 amide bonds. The summed E-state index contributed by atoms with van der Waals surface area (Å²) in [7, 11) is 0.443. The van der Waals surface area contributed by atoms with Gasteiger partial charge in [-0.2, -0.15) is 0 Å². The Bertz CT molecular complexity index is 597. The SMILES string of the molecule is CCCS(=O)(=O)CCOC(=O)c1cc(N)ccc1N(C)C. The van der Waals surface area contributed by atoms with Gasteiger partial charge in [0.15, 0.2) is 9.84 Å². The van der Waals surface area contributed by atoms with Crippen molar-refractivity contribution in [3.63, 3.8) is 0 Å². The number of benzene rings is 1. The molecular weight excluding hydrogens is 292 g/mol. The molecule has 6 nitrogen and oxygen atoms in total. The Kier molecular flexibility index (Phi) is 6.02. The van der Waals surface area contributed by atoms with E-state index in [1.54, 1.807) is 38.1 Å². The Balaban J connectivity index is 2.75. The van der Waals surface area contributed by atoms with Crippen LogP contribution in [0.2, 0.25) is 0 Å². The third-order valence-corrected chi connectivity index (χ3v) is 4.68. The maximum absolute atomic E-state index is 12.1. The standard InChI is InChI=1S/C14H22N2O4S/c1-4-8-21(18,19)9-7-20-14(17)12-10-11(15)5-6-13(12)16(2)3/h5-6,10H,4,7-9,15H2,1-3H3. The second-order valence-corrected chi connectivity index (χ2v) is 7.26. The average molecular weight is 314 g/mol. The molecule has 1 aromatic carbocycles. The van der Waals surface area contributed by atoms with E-state index in [-0.39, 0.29) is 18.1 Å². The molecule has 7 heteroatoms. The number of esters is 1. The molecule has 0 saturated heterocycles. The second kappa shape index (κ2) is 7.31. The third-order valence-electron chi connectivity index (χ3n) is 2.86. The van der Waals surface area contributed by atoms with Crippen molar-refractivity contribution in [2.24, 2.45) is 0 Å². The molecule has 1 rings (SSSR count). The molecule has 0 spiro atoms. The molecule has 1 aromatic rings. The molecule has 0 unspecified atom stereocenters. The topological polar surface area (TPSA) is 89.7 Å². The van der Waals surface area contributed by atoms with Crippen LogP contribution in [0.5, 0.6) is 0 Å². The number of carbonyl (C=O) groups excluding carboxylic acids is 1. The van der Waals surface area contributed by atoms with E-state index in [0.29, 0.717) is 23.4 Å². The van der Waals surface area contributed by atoms with Gasteiger partial charge in [-0.3, -0.25) is 0 Å². The maximum atomic E-state index is 12.1. The molecule has 21 heavy (non-hydrogen) atoms. The number of ether oxygens (including phenoxy) is 1. The summed E-state index contributed by atoms with van der Waals surface area (Å²) in [5.74, 6) is -0.629. The Hall–Kier alpha value is -1.76. The minimum Gasteiger partial charge on any atom is -0.461 e. The molecule has 0 heterocycles. The maximum Gasteiger partial charge on any atom is 0.340 e. The molecule has 2 N–H and O–H groups in total. The van der Waals surface area contributed by atoms with E-state index in [1.807, 2.05) is 0 Å². The summed E-state index contributed by atoms with van der Waals surface area (Å²) in [5, 5.41) is 0. The second-order valence-electron chi connectivity index (χ2n) is 4.96. The Morgan fingerprint density at radius 2 is 1.95 bits per heavy atom. The van der Waals surface area contributed by atoms with Crippen molar-refractivity contribution in [3.05, 3.63) is 23.8 Å². The number of anilines is 2. The van der Waals surface area contributed by atoms with Gasteiger partial charge in [-0.05, 0) is 24.6 Å². The molecule has 0 bridgehead atoms. The van der Waals surface area contributed by atoms with Crippen LogP contribution in [-0.4, -0.2) is 46.6 Å². The fourth-order valence-corrected chi connectivity index (χ4v) is 3.02. The van der Waals surface area contributed by atoms with Crippen LogP contribution in [0, 0.1) is 0 Å². The fourth-order valence-electron chi connectivity index (χ4n) is 1.86. The predicted molar refractivity (Wildman–Crippen MR) is 84.4 cm³/mol. The van der Waals surface area contributed by atoms with Crippen LogP contribution in [-0.2, 0) is 14.6 Å². The first kappa shape index (κ1) is 17.3. The fraction of sp³-hybridized carbons (Fsp3) is 0.500. The van der Waals surface area contributed by atoms with Crippen molar-refractivity contribution in [1.29, 1.82) is 0 Å². The van der Waals surface area contributed by atoms with Gasteiger partial charge in [0.25, 0.3) is 0 Å². The van der Waals surface area contributed by atoms with Gasteiger partial charge in [0.05, 0.1) is 22.8 Å². The van der Waals surface area contributed by atoms with Crippen molar-refractivity contribution in [2.75, 3.05) is 42.8 Å². The van der Waals surface area contributed by atoms with Gasteiger partial charge >= 0.3 is 5.97 Å². The molecule has 0 aliphatic heterocycles. The number of hydrogen-bond donors (Lipinski definition) is 1. The van der Waals surface area contributed by atoms with Gasteiger partial charge < -0.3 is 15.4 Å². The molecule has 0 radical (unpaired) electrons. The number of hydrogen-bond acceptors (Lipinski definition) is 6. The van der Waals surface area contributed by atoms with E-state index in [1.165, 1.54) is 6.07 Å². The predicted octanol–water partition coefficient (Wildman–Crippen LogP) is 1.32. The third kappa shape index (κ3) is 5.26. The zero-order valence-electron chi connectivity index (χ0n) is 12.6. The lowest BCUT2D eigenvalue weighted by molar-refractivity contribution is 0.0530. The lowest BCUT2D eigenvalue weighted by Gasteiger charge is -2.17. The number of rotatable bonds is 7. The summed E-state index contributed by atoms with van der Waals surface area (Å²) < 4.78 is 28.2. The Morgan fingerprint density at radius 3 is 2.52 bits per heavy atom. The van der Waals surface area contributed by atoms with Crippen LogP contribution in [0.3, 0.4) is 0 Å². The summed E-state index contributed by atoms with van der Waals surface area (Å²) in [6, 6.07) is 4.94. The van der Waals surface area contributed by atoms with Crippen LogP contribution in [0.1, 0.15) is 23.7 Å². The zero-order chi connectivity index (χ0) is 16.0. The van der Waals surface area contributed by atoms with E-state index in [2.05, 4.69) is 0 Å². The highest BCUT2D eigenvalue weighted by atomic mass is 32.2. The smallest absolute Gasteiger partial charge is 0.340 e. The summed E-state index contributed by atoms with van der Waals surface area (Å²) in [4.78, 5) is 13.8. The number of carbonyl (C=O) groups is 1. The Morgan fingerprint density at radius 1 is 1.29 bits per heavy atom. The molecule has 0 aromatic heterocycles. The van der Waals surface area contributed by atoms with Gasteiger partial charge in [0, 0.05) is 19.8 Å². The molecular formula is C14H22N2O4S. The first-order valence-electron chi connectivity index (χ1n) is 6.71. The van der Waals surface area contributed by atoms with E-state index < -0.39 is 15.8 Å². The lowest BCUT2D eigenvalue weighted by atomic mass is 10.1. The summed E-state index contributed by atoms with van der Waals surface area (Å²) >= 11 is 0. The van der Waals surface area contributed by atoms with Crippen LogP contribution >= 0.6 is 0 Å². The van der Waals surface area contributed by atoms with Crippen LogP contribution in [0.25, 0.3) is 0 Å². The molecule has 118 valence electrons. The monoisotopic (exact) mass is 314 g/mol. The van der Waals surface area contributed by atoms with Crippen molar-refractivity contribution >= 4 is 27.2 Å². The Labute approximate surface area is 125 Å². The van der Waals surface area contributed by atoms with Crippen molar-refractivity contribution in [3.8, 4) is 0 Å². The molecule has 0 atom stereocenters. The zero-order valence-corrected chi connectivity index (χ0v) is 13.4. The highest BCUT2D eigenvalue weighted by Gasteiger charge is 2.16. The molecule has 0 aliphatic rings. The largest absolute Gasteiger partial charge is 0.461 e. The van der Waals surface area contributed by atoms with Gasteiger partial charge in [0.2, 0.25) is 0 Å². The van der Waals surface area contributed by atoms with Crippen LogP contribution in [0.15, 0.2) is 18.2 Å². The number of nitrogens with two attached hydrogens (primary N) is 1. The molecule has 0 aliphatic carbocycles. The summed E-state index contributed by atoms with van der Waals surface area (Å²) in [6.07, 6.45) is 0.552. The summed E-state index contributed by atoms with van der Waals surface area (Å²) in [6.45, 7) is 1.64. The van der Waals surface area contributed by atoms with Gasteiger partial charge in [-0.15, -0.1) is 0 Å². The van der Waals surface area contributed by atoms with Gasteiger partial charge in [0.1, 0.15) is 6.61 Å². The molecule has 0 saturated carbocycles. The molecule has 0 fully saturated rings. The van der Waals surface area contributed by atoms with Crippen molar-refractivity contribution in [1.82, 2.24) is 0 Å². The van der Waals surface area contributed by atoms with E-state index in [4.69, 9.17) is 10.5 Å². The first-order valence-corrected chi connectivity index (χ1v) is 8.53. The highest BCUT2D eigenvalue weighted by molar-refractivity contribution is 7.91. The number of nitrogens with zero attached hydrogens (tertiary/aromatic N) is 1. The number of sulfone groups is 1. The van der Waals surface area contributed by atoms with Crippen LogP contribution in [0.4, 0.5) is 11.4 Å². The summed E-state index contributed by atoms with van der Waals surface area (Å²) in [5.41, 5.74) is 7.13. The van der Waals surface area contributed by atoms with Gasteiger partial charge in [-0.25, -0.2) is 13.2 Å². The normalized spacial score (nSPS) is 11.2. The van der Waals surface area contributed by atoms with Crippen molar-refractivity contribution < 1.29 is 17.9 Å². The lowest BCUT2D eigenvalue weighted by Crippen LogP contribution is -2.20. The number of nitrogen functional groups attached to an aromatic ring is 1. The quantitative estimate of drug-likeness (QED) is 0.603. The minimum atomic E-state index is -3.16. The van der Waals surface area contributed by atoms with Crippen LogP contribution < -0.4 is 10.6 Å². The highest BCUT2D eigenvalue weighted by Crippen LogP contribution is 2.22. The van der Waals surface area contributed by atoms with Gasteiger partial charge in [-0.1, -0.05) is 6.92 Å². The van der Waals surface area contributed by atoms with E-state index >= 15 is 0 Å². The first-order chi connectivity index (χ1) is 9.76. The van der Waals surface area contributed by atoms with E-state index in [9.17, 15) is 13.2 Å². The average Bonchev–Trinajstić information content (AvgIpc) is 2.37. The van der Waals surface area contributed by atoms with Crippen molar-refractivity contribution in [2.45, 2.75) is 13.3 Å². The van der Waals surface area contributed by atoms with E-state index in [0.717, 1.165) is 0 Å².